The van der Waals surface area contributed by atoms with Crippen LogP contribution in [0.3, 0.4) is 0 Å². The highest BCUT2D eigenvalue weighted by molar-refractivity contribution is 9.10. The van der Waals surface area contributed by atoms with Crippen molar-refractivity contribution in [1.29, 1.82) is 0 Å². The van der Waals surface area contributed by atoms with Crippen LogP contribution in [0.5, 0.6) is 0 Å². The third-order valence-corrected chi connectivity index (χ3v) is 5.39. The first-order chi connectivity index (χ1) is 10.2. The van der Waals surface area contributed by atoms with E-state index in [0.717, 1.165) is 23.0 Å². The smallest absolute Gasteiger partial charge is 0.0963 e. The van der Waals surface area contributed by atoms with Gasteiger partial charge in [-0.15, -0.1) is 0 Å². The quantitative estimate of drug-likeness (QED) is 0.791. The van der Waals surface area contributed by atoms with Gasteiger partial charge < -0.3 is 10.1 Å². The number of hydrogen-bond donors (Lipinski definition) is 1. The third-order valence-electron chi connectivity index (χ3n) is 4.67. The van der Waals surface area contributed by atoms with Crippen LogP contribution in [0.25, 0.3) is 0 Å². The molecule has 1 aromatic carbocycles. The maximum Gasteiger partial charge on any atom is 0.0963 e. The molecule has 2 nitrogen and oxygen atoms in total. The average Bonchev–Trinajstić information content (AvgIpc) is 3.28. The summed E-state index contributed by atoms with van der Waals surface area (Å²) in [6.45, 7) is 3.28. The van der Waals surface area contributed by atoms with Crippen LogP contribution in [-0.4, -0.2) is 18.7 Å². The van der Waals surface area contributed by atoms with Crippen LogP contribution in [0.15, 0.2) is 28.7 Å². The van der Waals surface area contributed by atoms with E-state index < -0.39 is 0 Å². The molecule has 0 radical (unpaired) electrons. The highest BCUT2D eigenvalue weighted by atomic mass is 79.9. The van der Waals surface area contributed by atoms with Crippen molar-refractivity contribution >= 4 is 15.9 Å². The normalized spacial score (nSPS) is 27.5. The van der Waals surface area contributed by atoms with Crippen molar-refractivity contribution in [2.24, 2.45) is 5.92 Å². The van der Waals surface area contributed by atoms with Gasteiger partial charge in [0.2, 0.25) is 0 Å². The molecule has 2 aliphatic rings. The van der Waals surface area contributed by atoms with Gasteiger partial charge in [0.05, 0.1) is 12.2 Å². The molecule has 0 amide bonds. The van der Waals surface area contributed by atoms with Crippen LogP contribution in [0.4, 0.5) is 0 Å². The summed E-state index contributed by atoms with van der Waals surface area (Å²) in [6.07, 6.45) is 8.33. The summed E-state index contributed by atoms with van der Waals surface area (Å²) >= 11 is 3.69. The zero-order valence-electron chi connectivity index (χ0n) is 12.9. The summed E-state index contributed by atoms with van der Waals surface area (Å²) in [5, 5.41) is 3.64. The minimum absolute atomic E-state index is 0.163. The molecule has 1 aromatic rings. The van der Waals surface area contributed by atoms with Gasteiger partial charge in [0, 0.05) is 17.1 Å². The van der Waals surface area contributed by atoms with Crippen molar-refractivity contribution in [3.05, 3.63) is 34.3 Å². The van der Waals surface area contributed by atoms with E-state index in [-0.39, 0.29) is 6.10 Å². The summed E-state index contributed by atoms with van der Waals surface area (Å²) in [6, 6.07) is 9.21. The fourth-order valence-electron chi connectivity index (χ4n) is 3.26. The molecule has 2 fully saturated rings. The van der Waals surface area contributed by atoms with Crippen molar-refractivity contribution in [2.75, 3.05) is 6.54 Å². The van der Waals surface area contributed by atoms with Crippen LogP contribution in [0.2, 0.25) is 0 Å². The van der Waals surface area contributed by atoms with E-state index in [1.165, 1.54) is 44.1 Å². The summed E-state index contributed by atoms with van der Waals surface area (Å²) in [5.74, 6) is 0.806. The Morgan fingerprint density at radius 3 is 2.76 bits per heavy atom. The molecule has 0 heterocycles. The Hall–Kier alpha value is -0.380. The lowest BCUT2D eigenvalue weighted by atomic mass is 9.88. The van der Waals surface area contributed by atoms with Crippen LogP contribution in [0, 0.1) is 5.92 Å². The molecule has 2 aliphatic carbocycles. The molecule has 3 rings (SSSR count). The van der Waals surface area contributed by atoms with Crippen LogP contribution in [-0.2, 0) is 4.74 Å². The maximum atomic E-state index is 6.51. The molecule has 2 saturated carbocycles. The average molecular weight is 352 g/mol. The minimum Gasteiger partial charge on any atom is -0.369 e. The Bertz CT molecular complexity index is 460. The maximum absolute atomic E-state index is 6.51. The monoisotopic (exact) mass is 351 g/mol. The Morgan fingerprint density at radius 1 is 1.24 bits per heavy atom. The van der Waals surface area contributed by atoms with Crippen LogP contribution < -0.4 is 5.32 Å². The fraction of sp³-hybridized carbons (Fsp3) is 0.667. The second kappa shape index (κ2) is 7.26. The van der Waals surface area contributed by atoms with E-state index in [9.17, 15) is 0 Å². The van der Waals surface area contributed by atoms with E-state index in [0.29, 0.717) is 6.10 Å². The van der Waals surface area contributed by atoms with E-state index in [4.69, 9.17) is 4.74 Å². The number of hydrogen-bond acceptors (Lipinski definition) is 2. The van der Waals surface area contributed by atoms with Crippen molar-refractivity contribution < 1.29 is 4.74 Å². The molecule has 3 atom stereocenters. The fourth-order valence-corrected chi connectivity index (χ4v) is 3.80. The molecular weight excluding hydrogens is 326 g/mol. The van der Waals surface area contributed by atoms with E-state index in [1.54, 1.807) is 0 Å². The molecule has 0 spiro atoms. The highest BCUT2D eigenvalue weighted by Gasteiger charge is 2.27. The molecule has 3 unspecified atom stereocenters. The van der Waals surface area contributed by atoms with Gasteiger partial charge in [-0.05, 0) is 43.2 Å². The van der Waals surface area contributed by atoms with Gasteiger partial charge in [0.25, 0.3) is 0 Å². The van der Waals surface area contributed by atoms with Crippen molar-refractivity contribution in [3.63, 3.8) is 0 Å². The number of benzene rings is 1. The predicted octanol–water partition coefficient (Wildman–Crippen LogP) is 4.84. The van der Waals surface area contributed by atoms with Gasteiger partial charge in [-0.1, -0.05) is 53.9 Å². The molecule has 0 saturated heterocycles. The lowest BCUT2D eigenvalue weighted by Gasteiger charge is -2.31. The first-order valence-corrected chi connectivity index (χ1v) is 9.15. The van der Waals surface area contributed by atoms with Crippen molar-refractivity contribution in [2.45, 2.75) is 63.7 Å². The van der Waals surface area contributed by atoms with Gasteiger partial charge in [-0.2, -0.15) is 0 Å². The molecule has 1 N–H and O–H groups in total. The summed E-state index contributed by atoms with van der Waals surface area (Å²) in [4.78, 5) is 0. The third kappa shape index (κ3) is 4.54. The molecule has 0 aliphatic heterocycles. The van der Waals surface area contributed by atoms with E-state index >= 15 is 0 Å². The highest BCUT2D eigenvalue weighted by Crippen LogP contribution is 2.33. The predicted molar refractivity (Wildman–Crippen MR) is 90.4 cm³/mol. The van der Waals surface area contributed by atoms with Gasteiger partial charge in [-0.3, -0.25) is 0 Å². The lowest BCUT2D eigenvalue weighted by Crippen LogP contribution is -2.30. The molecule has 0 aromatic heterocycles. The molecule has 21 heavy (non-hydrogen) atoms. The summed E-state index contributed by atoms with van der Waals surface area (Å²) < 4.78 is 7.68. The van der Waals surface area contributed by atoms with Crippen molar-refractivity contribution in [3.8, 4) is 0 Å². The molecular formula is C18H26BrNO. The summed E-state index contributed by atoms with van der Waals surface area (Å²) in [5.41, 5.74) is 1.28. The molecule has 0 bridgehead atoms. The number of nitrogens with one attached hydrogen (secondary N) is 1. The number of rotatable bonds is 6. The topological polar surface area (TPSA) is 21.3 Å². The number of ether oxygens (including phenoxy) is 1. The van der Waals surface area contributed by atoms with Gasteiger partial charge in [-0.25, -0.2) is 0 Å². The van der Waals surface area contributed by atoms with Crippen LogP contribution in [0.1, 0.15) is 57.1 Å². The summed E-state index contributed by atoms with van der Waals surface area (Å²) in [7, 11) is 0. The first-order valence-electron chi connectivity index (χ1n) is 8.35. The molecule has 116 valence electrons. The Kier molecular flexibility index (Phi) is 5.36. The lowest BCUT2D eigenvalue weighted by molar-refractivity contribution is -0.0399. The van der Waals surface area contributed by atoms with E-state index in [1.807, 2.05) is 0 Å². The Labute approximate surface area is 136 Å². The van der Waals surface area contributed by atoms with Crippen LogP contribution >= 0.6 is 15.9 Å². The minimum atomic E-state index is 0.163. The number of halogens is 1. The Morgan fingerprint density at radius 2 is 2.05 bits per heavy atom. The second-order valence-electron chi connectivity index (χ2n) is 6.72. The SMILES string of the molecule is CC1CCCC(OC(CNC2CC2)c2ccccc2Br)C1. The first kappa shape index (κ1) is 15.5. The Balaban J connectivity index is 1.67. The van der Waals surface area contributed by atoms with Gasteiger partial charge in [0.1, 0.15) is 0 Å². The van der Waals surface area contributed by atoms with Gasteiger partial charge in [0.15, 0.2) is 0 Å². The zero-order valence-corrected chi connectivity index (χ0v) is 14.4. The van der Waals surface area contributed by atoms with Gasteiger partial charge >= 0.3 is 0 Å². The molecule has 3 heteroatoms. The zero-order chi connectivity index (χ0) is 14.7. The van der Waals surface area contributed by atoms with E-state index in [2.05, 4.69) is 52.4 Å². The largest absolute Gasteiger partial charge is 0.369 e. The standard InChI is InChI=1S/C18H26BrNO/c1-13-5-4-6-15(11-13)21-18(12-20-14-9-10-14)16-7-2-3-8-17(16)19/h2-3,7-8,13-15,18,20H,4-6,9-12H2,1H3. The van der Waals surface area contributed by atoms with Crippen molar-refractivity contribution in [1.82, 2.24) is 5.32 Å². The second-order valence-corrected chi connectivity index (χ2v) is 7.58.